The molecule has 0 spiro atoms. The van der Waals surface area contributed by atoms with Crippen LogP contribution in [0.15, 0.2) is 18.2 Å². The molecule has 1 heterocycles. The molecule has 1 atom stereocenters. The third-order valence-corrected chi connectivity index (χ3v) is 3.24. The van der Waals surface area contributed by atoms with Crippen LogP contribution in [-0.4, -0.2) is 15.6 Å². The van der Waals surface area contributed by atoms with E-state index in [2.05, 4.69) is 0 Å². The molecule has 2 rings (SSSR count). The van der Waals surface area contributed by atoms with Crippen molar-refractivity contribution in [3.8, 4) is 0 Å². The molecule has 2 aromatic rings. The zero-order valence-electron chi connectivity index (χ0n) is 10.3. The summed E-state index contributed by atoms with van der Waals surface area (Å²) >= 11 is 0. The predicted octanol–water partition coefficient (Wildman–Crippen LogP) is 2.19. The highest BCUT2D eigenvalue weighted by Crippen LogP contribution is 2.31. The van der Waals surface area contributed by atoms with Crippen LogP contribution in [0.2, 0.25) is 0 Å². The van der Waals surface area contributed by atoms with Gasteiger partial charge in [-0.05, 0) is 26.0 Å². The highest BCUT2D eigenvalue weighted by Gasteiger charge is 2.25. The van der Waals surface area contributed by atoms with Crippen molar-refractivity contribution in [3.05, 3.63) is 35.3 Å². The van der Waals surface area contributed by atoms with Gasteiger partial charge in [-0.15, -0.1) is 0 Å². The summed E-state index contributed by atoms with van der Waals surface area (Å²) in [6.07, 6.45) is 0. The summed E-state index contributed by atoms with van der Waals surface area (Å²) in [6, 6.07) is 3.49. The van der Waals surface area contributed by atoms with Crippen LogP contribution in [0.1, 0.15) is 24.2 Å². The van der Waals surface area contributed by atoms with E-state index in [1.807, 2.05) is 11.5 Å². The van der Waals surface area contributed by atoms with Crippen LogP contribution in [0.4, 0.5) is 4.39 Å². The molecule has 3 N–H and O–H groups in total. The van der Waals surface area contributed by atoms with Gasteiger partial charge in [-0.25, -0.2) is 4.39 Å². The van der Waals surface area contributed by atoms with E-state index in [1.54, 1.807) is 19.1 Å². The topological polar surface area (TPSA) is 68.2 Å². The summed E-state index contributed by atoms with van der Waals surface area (Å²) in [5.74, 6) is -1.59. The number of nitrogens with two attached hydrogens (primary N) is 1. The molecule has 0 amide bonds. The van der Waals surface area contributed by atoms with Gasteiger partial charge >= 0.3 is 5.97 Å². The zero-order valence-corrected chi connectivity index (χ0v) is 10.3. The number of aliphatic carboxylic acids is 1. The molecule has 0 bridgehead atoms. The smallest absolute Gasteiger partial charge is 0.325 e. The van der Waals surface area contributed by atoms with Crippen LogP contribution in [0.3, 0.4) is 0 Å². The van der Waals surface area contributed by atoms with Crippen molar-refractivity contribution in [1.29, 1.82) is 0 Å². The Hall–Kier alpha value is -1.88. The van der Waals surface area contributed by atoms with E-state index in [0.717, 1.165) is 0 Å². The minimum Gasteiger partial charge on any atom is -0.480 e. The van der Waals surface area contributed by atoms with Gasteiger partial charge in [0.1, 0.15) is 11.9 Å². The Morgan fingerprint density at radius 3 is 2.78 bits per heavy atom. The van der Waals surface area contributed by atoms with Gasteiger partial charge in [0.05, 0.1) is 5.52 Å². The maximum absolute atomic E-state index is 13.9. The van der Waals surface area contributed by atoms with E-state index in [0.29, 0.717) is 28.7 Å². The molecule has 0 aliphatic rings. The molecule has 0 aliphatic heterocycles. The monoisotopic (exact) mass is 250 g/mol. The number of hydrogen-bond donors (Lipinski definition) is 2. The first-order valence-corrected chi connectivity index (χ1v) is 5.74. The van der Waals surface area contributed by atoms with Crippen molar-refractivity contribution in [2.24, 2.45) is 5.73 Å². The Kier molecular flexibility index (Phi) is 3.09. The lowest BCUT2D eigenvalue weighted by Crippen LogP contribution is -2.21. The van der Waals surface area contributed by atoms with Gasteiger partial charge in [0.15, 0.2) is 0 Å². The third-order valence-electron chi connectivity index (χ3n) is 3.24. The molecule has 1 aromatic carbocycles. The number of fused-ring (bicyclic) bond motifs is 1. The number of carbonyl (C=O) groups is 1. The number of hydrogen-bond acceptors (Lipinski definition) is 2. The second-order valence-electron chi connectivity index (χ2n) is 4.19. The third kappa shape index (κ3) is 1.67. The molecule has 1 aromatic heterocycles. The maximum atomic E-state index is 13.9. The van der Waals surface area contributed by atoms with Crippen LogP contribution in [0, 0.1) is 12.7 Å². The molecule has 0 saturated heterocycles. The fourth-order valence-electron chi connectivity index (χ4n) is 2.42. The van der Waals surface area contributed by atoms with E-state index in [1.165, 1.54) is 6.07 Å². The van der Waals surface area contributed by atoms with E-state index in [-0.39, 0.29) is 0 Å². The zero-order chi connectivity index (χ0) is 13.4. The van der Waals surface area contributed by atoms with Crippen LogP contribution in [-0.2, 0) is 11.3 Å². The van der Waals surface area contributed by atoms with Gasteiger partial charge < -0.3 is 15.4 Å². The van der Waals surface area contributed by atoms with E-state index >= 15 is 0 Å². The lowest BCUT2D eigenvalue weighted by molar-refractivity contribution is -0.138. The van der Waals surface area contributed by atoms with Crippen molar-refractivity contribution in [1.82, 2.24) is 4.57 Å². The fraction of sp³-hybridized carbons (Fsp3) is 0.308. The Morgan fingerprint density at radius 1 is 1.56 bits per heavy atom. The van der Waals surface area contributed by atoms with Gasteiger partial charge in [-0.1, -0.05) is 6.07 Å². The molecule has 96 valence electrons. The van der Waals surface area contributed by atoms with E-state index < -0.39 is 17.8 Å². The van der Waals surface area contributed by atoms with Gasteiger partial charge in [-0.3, -0.25) is 4.79 Å². The summed E-state index contributed by atoms with van der Waals surface area (Å²) in [5.41, 5.74) is 7.40. The summed E-state index contributed by atoms with van der Waals surface area (Å²) in [7, 11) is 0. The molecule has 4 nitrogen and oxygen atoms in total. The molecule has 0 aliphatic carbocycles. The van der Waals surface area contributed by atoms with E-state index in [9.17, 15) is 9.18 Å². The average Bonchev–Trinajstić information content (AvgIpc) is 2.61. The number of halogens is 1. The van der Waals surface area contributed by atoms with Crippen molar-refractivity contribution in [2.45, 2.75) is 26.4 Å². The van der Waals surface area contributed by atoms with Gasteiger partial charge in [0.2, 0.25) is 0 Å². The summed E-state index contributed by atoms with van der Waals surface area (Å²) < 4.78 is 15.8. The highest BCUT2D eigenvalue weighted by atomic mass is 19.1. The number of carboxylic acid groups (broad SMARTS) is 1. The molecule has 1 unspecified atom stereocenters. The van der Waals surface area contributed by atoms with Crippen LogP contribution < -0.4 is 5.73 Å². The predicted molar refractivity (Wildman–Crippen MR) is 66.9 cm³/mol. The van der Waals surface area contributed by atoms with Crippen molar-refractivity contribution >= 4 is 16.9 Å². The quantitative estimate of drug-likeness (QED) is 0.877. The first-order chi connectivity index (χ1) is 8.49. The largest absolute Gasteiger partial charge is 0.480 e. The Morgan fingerprint density at radius 2 is 2.22 bits per heavy atom. The number of rotatable bonds is 3. The maximum Gasteiger partial charge on any atom is 0.325 e. The Balaban J connectivity index is 2.87. The molecular formula is C13H15FN2O2. The Bertz CT molecular complexity index is 619. The molecule has 5 heteroatoms. The second kappa shape index (κ2) is 4.42. The molecule has 18 heavy (non-hydrogen) atoms. The van der Waals surface area contributed by atoms with Gasteiger partial charge in [-0.2, -0.15) is 0 Å². The average molecular weight is 250 g/mol. The molecular weight excluding hydrogens is 235 g/mol. The number of aromatic nitrogens is 1. The normalized spacial score (nSPS) is 12.9. The summed E-state index contributed by atoms with van der Waals surface area (Å²) in [5, 5.41) is 9.35. The lowest BCUT2D eigenvalue weighted by atomic mass is 10.0. The van der Waals surface area contributed by atoms with Gasteiger partial charge in [0, 0.05) is 23.2 Å². The fourth-order valence-corrected chi connectivity index (χ4v) is 2.42. The van der Waals surface area contributed by atoms with Crippen molar-refractivity contribution in [2.75, 3.05) is 0 Å². The van der Waals surface area contributed by atoms with Crippen LogP contribution in [0.25, 0.3) is 10.9 Å². The standard InChI is InChI=1S/C13H15FN2O2/c1-3-16-7(2)10(12(15)13(17)18)11-8(14)5-4-6-9(11)16/h4-6,12H,3,15H2,1-2H3,(H,17,18). The van der Waals surface area contributed by atoms with Crippen LogP contribution in [0.5, 0.6) is 0 Å². The highest BCUT2D eigenvalue weighted by molar-refractivity contribution is 5.91. The molecule has 0 fully saturated rings. The SMILES string of the molecule is CCn1c(C)c(C(N)C(=O)O)c2c(F)cccc21. The van der Waals surface area contributed by atoms with E-state index in [4.69, 9.17) is 10.8 Å². The first kappa shape index (κ1) is 12.6. The van der Waals surface area contributed by atoms with Gasteiger partial charge in [0.25, 0.3) is 0 Å². The number of nitrogens with zero attached hydrogens (tertiary/aromatic N) is 1. The van der Waals surface area contributed by atoms with Crippen molar-refractivity contribution in [3.63, 3.8) is 0 Å². The van der Waals surface area contributed by atoms with Crippen LogP contribution >= 0.6 is 0 Å². The Labute approximate surface area is 104 Å². The minimum absolute atomic E-state index is 0.312. The lowest BCUT2D eigenvalue weighted by Gasteiger charge is -2.08. The molecule has 0 radical (unpaired) electrons. The molecule has 0 saturated carbocycles. The minimum atomic E-state index is -1.21. The summed E-state index contributed by atoms with van der Waals surface area (Å²) in [6.45, 7) is 4.33. The van der Waals surface area contributed by atoms with Crippen molar-refractivity contribution < 1.29 is 14.3 Å². The summed E-state index contributed by atoms with van der Waals surface area (Å²) in [4.78, 5) is 11.0. The second-order valence-corrected chi connectivity index (χ2v) is 4.19. The first-order valence-electron chi connectivity index (χ1n) is 5.74. The number of benzene rings is 1. The number of carboxylic acids is 1. The number of aryl methyl sites for hydroxylation is 1.